The van der Waals surface area contributed by atoms with E-state index in [0.29, 0.717) is 11.8 Å². The molecular weight excluding hydrogens is 288 g/mol. The lowest BCUT2D eigenvalue weighted by molar-refractivity contribution is 0.296. The summed E-state index contributed by atoms with van der Waals surface area (Å²) in [6.07, 6.45) is 20.2. The summed E-state index contributed by atoms with van der Waals surface area (Å²) >= 11 is 0. The third kappa shape index (κ3) is 7.18. The molecule has 0 heterocycles. The summed E-state index contributed by atoms with van der Waals surface area (Å²) in [5.41, 5.74) is 0. The molecule has 132 valence electrons. The van der Waals surface area contributed by atoms with Crippen LogP contribution in [-0.2, 0) is 0 Å². The standard InChI is InChI=1S/C24H36/c1-3-5-10-22-17-19-24(20-18-22)12-9-7-6-8-11-23-15-13-21(4-2)14-16-23/h6-7,21-24H,3-5,10,13-20H2,1-2H3/b7-6+. The van der Waals surface area contributed by atoms with Gasteiger partial charge in [0.15, 0.2) is 0 Å². The van der Waals surface area contributed by atoms with Gasteiger partial charge in [0.25, 0.3) is 0 Å². The highest BCUT2D eigenvalue weighted by Crippen LogP contribution is 2.31. The van der Waals surface area contributed by atoms with E-state index in [-0.39, 0.29) is 0 Å². The Morgan fingerprint density at radius 2 is 1.21 bits per heavy atom. The van der Waals surface area contributed by atoms with Crippen LogP contribution in [0.25, 0.3) is 0 Å². The zero-order valence-electron chi connectivity index (χ0n) is 15.9. The van der Waals surface area contributed by atoms with Crippen molar-refractivity contribution in [2.45, 2.75) is 90.9 Å². The molecule has 2 fully saturated rings. The predicted octanol–water partition coefficient (Wildman–Crippen LogP) is 6.76. The van der Waals surface area contributed by atoms with Crippen molar-refractivity contribution in [2.75, 3.05) is 0 Å². The Morgan fingerprint density at radius 3 is 1.67 bits per heavy atom. The molecule has 0 radical (unpaired) electrons. The molecule has 0 aromatic rings. The first-order valence-corrected chi connectivity index (χ1v) is 10.5. The highest BCUT2D eigenvalue weighted by atomic mass is 14.2. The average Bonchev–Trinajstić information content (AvgIpc) is 2.64. The Balaban J connectivity index is 1.63. The summed E-state index contributed by atoms with van der Waals surface area (Å²) < 4.78 is 0. The Kier molecular flexibility index (Phi) is 9.13. The molecule has 0 saturated heterocycles. The minimum Gasteiger partial charge on any atom is -0.0951 e. The number of hydrogen-bond donors (Lipinski definition) is 0. The number of rotatable bonds is 4. The van der Waals surface area contributed by atoms with Gasteiger partial charge in [0, 0.05) is 11.8 Å². The molecule has 0 amide bonds. The van der Waals surface area contributed by atoms with Gasteiger partial charge in [0.2, 0.25) is 0 Å². The Morgan fingerprint density at radius 1 is 0.708 bits per heavy atom. The molecule has 0 N–H and O–H groups in total. The highest BCUT2D eigenvalue weighted by Gasteiger charge is 2.19. The quantitative estimate of drug-likeness (QED) is 0.501. The maximum atomic E-state index is 3.45. The van der Waals surface area contributed by atoms with Gasteiger partial charge in [-0.1, -0.05) is 63.2 Å². The first-order chi connectivity index (χ1) is 11.8. The summed E-state index contributed by atoms with van der Waals surface area (Å²) in [6.45, 7) is 4.61. The topological polar surface area (TPSA) is 0 Å². The van der Waals surface area contributed by atoms with Crippen molar-refractivity contribution >= 4 is 0 Å². The molecule has 0 heteroatoms. The molecule has 2 aliphatic rings. The number of allylic oxidation sites excluding steroid dienone is 2. The van der Waals surface area contributed by atoms with Gasteiger partial charge >= 0.3 is 0 Å². The third-order valence-electron chi connectivity index (χ3n) is 6.06. The average molecular weight is 325 g/mol. The molecule has 0 nitrogen and oxygen atoms in total. The van der Waals surface area contributed by atoms with E-state index in [9.17, 15) is 0 Å². The van der Waals surface area contributed by atoms with Gasteiger partial charge < -0.3 is 0 Å². The van der Waals surface area contributed by atoms with Gasteiger partial charge in [-0.25, -0.2) is 0 Å². The maximum absolute atomic E-state index is 3.45. The van der Waals surface area contributed by atoms with Gasteiger partial charge in [-0.2, -0.15) is 0 Å². The van der Waals surface area contributed by atoms with Crippen LogP contribution < -0.4 is 0 Å². The van der Waals surface area contributed by atoms with Crippen LogP contribution in [-0.4, -0.2) is 0 Å². The van der Waals surface area contributed by atoms with Crippen LogP contribution in [0.5, 0.6) is 0 Å². The van der Waals surface area contributed by atoms with Crippen molar-refractivity contribution in [3.8, 4) is 23.7 Å². The smallest absolute Gasteiger partial charge is 0.0206 e. The molecule has 2 saturated carbocycles. The van der Waals surface area contributed by atoms with Crippen molar-refractivity contribution in [1.82, 2.24) is 0 Å². The summed E-state index contributed by atoms with van der Waals surface area (Å²) in [7, 11) is 0. The lowest BCUT2D eigenvalue weighted by Crippen LogP contribution is -2.13. The summed E-state index contributed by atoms with van der Waals surface area (Å²) in [4.78, 5) is 0. The molecule has 2 rings (SSSR count). The molecule has 0 unspecified atom stereocenters. The van der Waals surface area contributed by atoms with Crippen molar-refractivity contribution in [1.29, 1.82) is 0 Å². The normalized spacial score (nSPS) is 30.2. The summed E-state index contributed by atoms with van der Waals surface area (Å²) in [6, 6.07) is 0. The van der Waals surface area contributed by atoms with Crippen LogP contribution in [0.1, 0.15) is 90.9 Å². The zero-order valence-corrected chi connectivity index (χ0v) is 15.9. The van der Waals surface area contributed by atoms with E-state index >= 15 is 0 Å². The van der Waals surface area contributed by atoms with Crippen LogP contribution >= 0.6 is 0 Å². The second kappa shape index (κ2) is 11.4. The van der Waals surface area contributed by atoms with Crippen molar-refractivity contribution in [3.63, 3.8) is 0 Å². The van der Waals surface area contributed by atoms with Crippen molar-refractivity contribution in [2.24, 2.45) is 23.7 Å². The first kappa shape index (κ1) is 19.2. The van der Waals surface area contributed by atoms with Crippen LogP contribution in [0, 0.1) is 47.4 Å². The Bertz CT molecular complexity index is 474. The fourth-order valence-corrected chi connectivity index (χ4v) is 4.22. The van der Waals surface area contributed by atoms with Crippen LogP contribution in [0.2, 0.25) is 0 Å². The minimum absolute atomic E-state index is 0.629. The van der Waals surface area contributed by atoms with E-state index in [4.69, 9.17) is 0 Å². The second-order valence-corrected chi connectivity index (χ2v) is 7.90. The van der Waals surface area contributed by atoms with Crippen molar-refractivity contribution in [3.05, 3.63) is 12.2 Å². The van der Waals surface area contributed by atoms with E-state index in [1.54, 1.807) is 0 Å². The van der Waals surface area contributed by atoms with Gasteiger partial charge in [-0.15, -0.1) is 0 Å². The molecule has 0 aromatic carbocycles. The zero-order chi connectivity index (χ0) is 17.0. The van der Waals surface area contributed by atoms with Crippen LogP contribution in [0.15, 0.2) is 12.2 Å². The summed E-state index contributed by atoms with van der Waals surface area (Å²) in [5, 5.41) is 0. The lowest BCUT2D eigenvalue weighted by Gasteiger charge is -2.25. The Labute approximate surface area is 150 Å². The number of hydrogen-bond acceptors (Lipinski definition) is 0. The first-order valence-electron chi connectivity index (χ1n) is 10.5. The van der Waals surface area contributed by atoms with Gasteiger partial charge in [0.05, 0.1) is 0 Å². The molecule has 24 heavy (non-hydrogen) atoms. The fourth-order valence-electron chi connectivity index (χ4n) is 4.22. The van der Waals surface area contributed by atoms with E-state index in [1.165, 1.54) is 77.0 Å². The van der Waals surface area contributed by atoms with Crippen LogP contribution in [0.3, 0.4) is 0 Å². The largest absolute Gasteiger partial charge is 0.0951 e. The molecular formula is C24H36. The van der Waals surface area contributed by atoms with E-state index < -0.39 is 0 Å². The SMILES string of the molecule is CCCCC1CCC(C#C/C=C/C#CC2CCC(CC)CC2)CC1. The van der Waals surface area contributed by atoms with E-state index in [1.807, 2.05) is 12.2 Å². The highest BCUT2D eigenvalue weighted by molar-refractivity contribution is 5.26. The third-order valence-corrected chi connectivity index (χ3v) is 6.06. The monoisotopic (exact) mass is 324 g/mol. The molecule has 0 atom stereocenters. The van der Waals surface area contributed by atoms with Gasteiger partial charge in [0.1, 0.15) is 0 Å². The molecule has 2 aliphatic carbocycles. The predicted molar refractivity (Wildman–Crippen MR) is 105 cm³/mol. The summed E-state index contributed by atoms with van der Waals surface area (Å²) in [5.74, 6) is 16.5. The van der Waals surface area contributed by atoms with Crippen LogP contribution in [0.4, 0.5) is 0 Å². The maximum Gasteiger partial charge on any atom is 0.0206 e. The molecule has 0 aromatic heterocycles. The van der Waals surface area contributed by atoms with Gasteiger partial charge in [-0.05, 0) is 75.4 Å². The molecule has 0 aliphatic heterocycles. The minimum atomic E-state index is 0.629. The number of unbranched alkanes of at least 4 members (excludes halogenated alkanes) is 1. The second-order valence-electron chi connectivity index (χ2n) is 7.90. The van der Waals surface area contributed by atoms with Crippen molar-refractivity contribution < 1.29 is 0 Å². The lowest BCUT2D eigenvalue weighted by atomic mass is 9.80. The van der Waals surface area contributed by atoms with E-state index in [2.05, 4.69) is 37.5 Å². The molecule has 0 bridgehead atoms. The Hall–Kier alpha value is -1.14. The fraction of sp³-hybridized carbons (Fsp3) is 0.750. The van der Waals surface area contributed by atoms with E-state index in [0.717, 1.165) is 11.8 Å². The molecule has 0 spiro atoms. The van der Waals surface area contributed by atoms with Gasteiger partial charge in [-0.3, -0.25) is 0 Å².